The maximum atomic E-state index is 4.52. The summed E-state index contributed by atoms with van der Waals surface area (Å²) in [6, 6.07) is 0. The van der Waals surface area contributed by atoms with Gasteiger partial charge in [0.2, 0.25) is 0 Å². The fraction of sp³-hybridized carbons (Fsp3) is 0.733. The Labute approximate surface area is 127 Å². The Bertz CT molecular complexity index is 424. The minimum atomic E-state index is 0.397. The zero-order chi connectivity index (χ0) is 15.2. The number of hydrogen-bond acceptors (Lipinski definition) is 3. The van der Waals surface area contributed by atoms with E-state index in [2.05, 4.69) is 55.2 Å². The van der Waals surface area contributed by atoms with E-state index in [0.717, 1.165) is 36.2 Å². The lowest BCUT2D eigenvalue weighted by atomic mass is 9.91. The van der Waals surface area contributed by atoms with Crippen LogP contribution in [0.5, 0.6) is 0 Å². The number of aliphatic imine (C=N–C) groups is 1. The molecule has 0 unspecified atom stereocenters. The molecule has 0 spiro atoms. The third kappa shape index (κ3) is 6.37. The van der Waals surface area contributed by atoms with Crippen molar-refractivity contribution in [3.05, 3.63) is 15.6 Å². The maximum absolute atomic E-state index is 4.52. The molecule has 0 amide bonds. The summed E-state index contributed by atoms with van der Waals surface area (Å²) in [7, 11) is 1.80. The largest absolute Gasteiger partial charge is 0.356 e. The van der Waals surface area contributed by atoms with Crippen molar-refractivity contribution < 1.29 is 0 Å². The predicted molar refractivity (Wildman–Crippen MR) is 88.5 cm³/mol. The molecule has 1 aromatic heterocycles. The van der Waals surface area contributed by atoms with Gasteiger partial charge in [-0.1, -0.05) is 20.8 Å². The Morgan fingerprint density at radius 2 is 1.95 bits per heavy atom. The van der Waals surface area contributed by atoms with E-state index in [1.54, 1.807) is 18.4 Å². The SMILES string of the molecule is CN=C(NCCCC(C)(C)C)NCc1nc(C)c(C)s1. The Morgan fingerprint density at radius 1 is 1.25 bits per heavy atom. The van der Waals surface area contributed by atoms with Gasteiger partial charge in [-0.2, -0.15) is 0 Å². The molecule has 1 aromatic rings. The number of nitrogens with zero attached hydrogens (tertiary/aromatic N) is 2. The fourth-order valence-corrected chi connectivity index (χ4v) is 2.69. The summed E-state index contributed by atoms with van der Waals surface area (Å²) < 4.78 is 0. The predicted octanol–water partition coefficient (Wildman–Crippen LogP) is 3.25. The van der Waals surface area contributed by atoms with Crippen molar-refractivity contribution >= 4 is 17.3 Å². The van der Waals surface area contributed by atoms with Gasteiger partial charge in [-0.05, 0) is 32.1 Å². The monoisotopic (exact) mass is 296 g/mol. The van der Waals surface area contributed by atoms with Crippen molar-refractivity contribution in [2.24, 2.45) is 10.4 Å². The first kappa shape index (κ1) is 17.0. The molecule has 0 aliphatic carbocycles. The molecule has 4 nitrogen and oxygen atoms in total. The Morgan fingerprint density at radius 3 is 2.45 bits per heavy atom. The molecular formula is C15H28N4S. The molecule has 20 heavy (non-hydrogen) atoms. The molecule has 1 rings (SSSR count). The van der Waals surface area contributed by atoms with Crippen LogP contribution in [-0.2, 0) is 6.54 Å². The number of guanidine groups is 1. The van der Waals surface area contributed by atoms with Crippen LogP contribution in [0, 0.1) is 19.3 Å². The van der Waals surface area contributed by atoms with E-state index < -0.39 is 0 Å². The molecule has 0 aromatic carbocycles. The Hall–Kier alpha value is -1.10. The minimum absolute atomic E-state index is 0.397. The summed E-state index contributed by atoms with van der Waals surface area (Å²) in [6.07, 6.45) is 2.36. The second-order valence-corrected chi connectivity index (χ2v) is 7.55. The van der Waals surface area contributed by atoms with Crippen molar-refractivity contribution in [3.63, 3.8) is 0 Å². The van der Waals surface area contributed by atoms with E-state index in [0.29, 0.717) is 5.41 Å². The van der Waals surface area contributed by atoms with Crippen LogP contribution >= 0.6 is 11.3 Å². The number of rotatable bonds is 5. The quantitative estimate of drug-likeness (QED) is 0.498. The summed E-state index contributed by atoms with van der Waals surface area (Å²) in [4.78, 5) is 10.0. The number of aromatic nitrogens is 1. The second kappa shape index (κ2) is 7.62. The van der Waals surface area contributed by atoms with Crippen LogP contribution in [0.4, 0.5) is 0 Å². The maximum Gasteiger partial charge on any atom is 0.191 e. The molecule has 1 heterocycles. The molecule has 0 saturated heterocycles. The standard InChI is InChI=1S/C15H28N4S/c1-11-12(2)20-13(19-11)10-18-14(16-6)17-9-7-8-15(3,4)5/h7-10H2,1-6H3,(H2,16,17,18). The van der Waals surface area contributed by atoms with E-state index in [1.165, 1.54) is 11.3 Å². The van der Waals surface area contributed by atoms with Crippen molar-refractivity contribution in [2.45, 2.75) is 54.0 Å². The van der Waals surface area contributed by atoms with Crippen molar-refractivity contribution in [3.8, 4) is 0 Å². The van der Waals surface area contributed by atoms with Crippen LogP contribution in [0.25, 0.3) is 0 Å². The number of nitrogens with one attached hydrogen (secondary N) is 2. The zero-order valence-corrected chi connectivity index (χ0v) is 14.4. The van der Waals surface area contributed by atoms with Gasteiger partial charge >= 0.3 is 0 Å². The molecule has 0 fully saturated rings. The van der Waals surface area contributed by atoms with E-state index in [1.807, 2.05) is 0 Å². The summed E-state index contributed by atoms with van der Waals surface area (Å²) in [6.45, 7) is 12.7. The highest BCUT2D eigenvalue weighted by molar-refractivity contribution is 7.11. The van der Waals surface area contributed by atoms with E-state index in [4.69, 9.17) is 0 Å². The number of thiazole rings is 1. The summed E-state index contributed by atoms with van der Waals surface area (Å²) in [5.74, 6) is 0.851. The van der Waals surface area contributed by atoms with Gasteiger partial charge in [-0.25, -0.2) is 4.98 Å². The molecule has 0 aliphatic heterocycles. The average Bonchev–Trinajstić information content (AvgIpc) is 2.66. The summed E-state index contributed by atoms with van der Waals surface area (Å²) in [5, 5.41) is 7.77. The smallest absolute Gasteiger partial charge is 0.191 e. The summed E-state index contributed by atoms with van der Waals surface area (Å²) >= 11 is 1.74. The molecule has 5 heteroatoms. The zero-order valence-electron chi connectivity index (χ0n) is 13.6. The number of hydrogen-bond donors (Lipinski definition) is 2. The van der Waals surface area contributed by atoms with Crippen LogP contribution in [-0.4, -0.2) is 24.5 Å². The van der Waals surface area contributed by atoms with Gasteiger partial charge in [0.15, 0.2) is 5.96 Å². The third-order valence-electron chi connectivity index (χ3n) is 3.10. The summed E-state index contributed by atoms with van der Waals surface area (Å²) in [5.41, 5.74) is 1.52. The van der Waals surface area contributed by atoms with Crippen molar-refractivity contribution in [1.29, 1.82) is 0 Å². The molecule has 114 valence electrons. The van der Waals surface area contributed by atoms with E-state index in [9.17, 15) is 0 Å². The van der Waals surface area contributed by atoms with Crippen molar-refractivity contribution in [1.82, 2.24) is 15.6 Å². The highest BCUT2D eigenvalue weighted by atomic mass is 32.1. The first-order valence-corrected chi connectivity index (χ1v) is 8.01. The molecule has 0 atom stereocenters. The molecular weight excluding hydrogens is 268 g/mol. The third-order valence-corrected chi connectivity index (χ3v) is 4.17. The topological polar surface area (TPSA) is 49.3 Å². The fourth-order valence-electron chi connectivity index (χ4n) is 1.82. The Kier molecular flexibility index (Phi) is 6.46. The highest BCUT2D eigenvalue weighted by Crippen LogP contribution is 2.19. The first-order chi connectivity index (χ1) is 9.31. The lowest BCUT2D eigenvalue weighted by Crippen LogP contribution is -2.37. The van der Waals surface area contributed by atoms with Crippen LogP contribution in [0.3, 0.4) is 0 Å². The lowest BCUT2D eigenvalue weighted by Gasteiger charge is -2.18. The van der Waals surface area contributed by atoms with Gasteiger partial charge in [-0.15, -0.1) is 11.3 Å². The van der Waals surface area contributed by atoms with Crippen LogP contribution in [0.15, 0.2) is 4.99 Å². The van der Waals surface area contributed by atoms with Gasteiger partial charge in [0, 0.05) is 18.5 Å². The second-order valence-electron chi connectivity index (χ2n) is 6.27. The minimum Gasteiger partial charge on any atom is -0.356 e. The van der Waals surface area contributed by atoms with E-state index in [-0.39, 0.29) is 0 Å². The van der Waals surface area contributed by atoms with E-state index >= 15 is 0 Å². The normalized spacial score (nSPS) is 12.6. The molecule has 2 N–H and O–H groups in total. The molecule has 0 bridgehead atoms. The molecule has 0 saturated carbocycles. The molecule has 0 radical (unpaired) electrons. The van der Waals surface area contributed by atoms with Crippen LogP contribution in [0.1, 0.15) is 49.2 Å². The van der Waals surface area contributed by atoms with Gasteiger partial charge < -0.3 is 10.6 Å². The Balaban J connectivity index is 2.30. The van der Waals surface area contributed by atoms with Crippen LogP contribution in [0.2, 0.25) is 0 Å². The van der Waals surface area contributed by atoms with Gasteiger partial charge in [0.1, 0.15) is 5.01 Å². The van der Waals surface area contributed by atoms with Gasteiger partial charge in [0.25, 0.3) is 0 Å². The highest BCUT2D eigenvalue weighted by Gasteiger charge is 2.09. The van der Waals surface area contributed by atoms with Gasteiger partial charge in [-0.3, -0.25) is 4.99 Å². The average molecular weight is 296 g/mol. The number of aryl methyl sites for hydroxylation is 2. The first-order valence-electron chi connectivity index (χ1n) is 7.19. The van der Waals surface area contributed by atoms with Crippen molar-refractivity contribution in [2.75, 3.05) is 13.6 Å². The molecule has 0 aliphatic rings. The van der Waals surface area contributed by atoms with Crippen LogP contribution < -0.4 is 10.6 Å². The lowest BCUT2D eigenvalue weighted by molar-refractivity contribution is 0.365. The van der Waals surface area contributed by atoms with Gasteiger partial charge in [0.05, 0.1) is 12.2 Å².